The molecule has 0 spiro atoms. The highest BCUT2D eigenvalue weighted by Crippen LogP contribution is 2.23. The molecule has 0 aliphatic rings. The molecule has 3 aromatic rings. The zero-order valence-corrected chi connectivity index (χ0v) is 15.3. The van der Waals surface area contributed by atoms with E-state index in [2.05, 4.69) is 5.32 Å². The third kappa shape index (κ3) is 5.35. The van der Waals surface area contributed by atoms with E-state index in [0.29, 0.717) is 22.7 Å². The summed E-state index contributed by atoms with van der Waals surface area (Å²) in [7, 11) is 0. The average molecular weight is 376 g/mol. The summed E-state index contributed by atoms with van der Waals surface area (Å²) in [5.74, 6) is 0.937. The molecular weight excluding hydrogens is 356 g/mol. The van der Waals surface area contributed by atoms with Crippen LogP contribution in [0, 0.1) is 6.92 Å². The molecule has 0 unspecified atom stereocenters. The molecule has 28 heavy (non-hydrogen) atoms. The fourth-order valence-corrected chi connectivity index (χ4v) is 2.43. The molecule has 3 rings (SSSR count). The Hall–Kier alpha value is -3.80. The standard InChI is InChI=1S/C22H20N2O4/c1-15-5-9-18(10-6-15)28-19-11-7-17(8-12-19)24-22(26)16-3-2-4-20(13-16)27-14-21(23)25/h2-13H,14H2,1H3,(H2,23,25)(H,24,26). The number of ether oxygens (including phenoxy) is 2. The Morgan fingerprint density at radius 2 is 1.54 bits per heavy atom. The number of hydrogen-bond donors (Lipinski definition) is 2. The van der Waals surface area contributed by atoms with Gasteiger partial charge in [0, 0.05) is 11.3 Å². The van der Waals surface area contributed by atoms with E-state index in [1.54, 1.807) is 48.5 Å². The largest absolute Gasteiger partial charge is 0.484 e. The van der Waals surface area contributed by atoms with Crippen molar-refractivity contribution < 1.29 is 19.1 Å². The predicted octanol–water partition coefficient (Wildman–Crippen LogP) is 3.90. The molecule has 0 radical (unpaired) electrons. The van der Waals surface area contributed by atoms with E-state index in [-0.39, 0.29) is 12.5 Å². The second-order valence-electron chi connectivity index (χ2n) is 6.18. The highest BCUT2D eigenvalue weighted by atomic mass is 16.5. The number of rotatable bonds is 7. The Kier molecular flexibility index (Phi) is 5.91. The molecule has 2 amide bonds. The highest BCUT2D eigenvalue weighted by molar-refractivity contribution is 6.04. The monoisotopic (exact) mass is 376 g/mol. The van der Waals surface area contributed by atoms with Crippen LogP contribution in [0.5, 0.6) is 17.2 Å². The maximum Gasteiger partial charge on any atom is 0.255 e. The summed E-state index contributed by atoms with van der Waals surface area (Å²) >= 11 is 0. The first-order valence-corrected chi connectivity index (χ1v) is 8.67. The first-order valence-electron chi connectivity index (χ1n) is 8.67. The van der Waals surface area contributed by atoms with E-state index in [0.717, 1.165) is 11.3 Å². The van der Waals surface area contributed by atoms with Crippen molar-refractivity contribution in [1.82, 2.24) is 0 Å². The predicted molar refractivity (Wildman–Crippen MR) is 107 cm³/mol. The Morgan fingerprint density at radius 3 is 2.18 bits per heavy atom. The smallest absolute Gasteiger partial charge is 0.255 e. The van der Waals surface area contributed by atoms with Crippen molar-refractivity contribution >= 4 is 17.5 Å². The van der Waals surface area contributed by atoms with Crippen LogP contribution in [0.2, 0.25) is 0 Å². The SMILES string of the molecule is Cc1ccc(Oc2ccc(NC(=O)c3cccc(OCC(N)=O)c3)cc2)cc1. The van der Waals surface area contributed by atoms with Crippen molar-refractivity contribution in [3.05, 3.63) is 83.9 Å². The number of aryl methyl sites for hydroxylation is 1. The third-order valence-electron chi connectivity index (χ3n) is 3.85. The van der Waals surface area contributed by atoms with Crippen LogP contribution in [0.15, 0.2) is 72.8 Å². The summed E-state index contributed by atoms with van der Waals surface area (Å²) in [6, 6.07) is 21.4. The van der Waals surface area contributed by atoms with Gasteiger partial charge in [0.05, 0.1) is 0 Å². The van der Waals surface area contributed by atoms with Gasteiger partial charge in [0.2, 0.25) is 0 Å². The van der Waals surface area contributed by atoms with Gasteiger partial charge in [-0.25, -0.2) is 0 Å². The maximum atomic E-state index is 12.4. The molecule has 6 heteroatoms. The van der Waals surface area contributed by atoms with Crippen LogP contribution in [0.4, 0.5) is 5.69 Å². The summed E-state index contributed by atoms with van der Waals surface area (Å²) in [4.78, 5) is 23.2. The van der Waals surface area contributed by atoms with Crippen molar-refractivity contribution in [2.45, 2.75) is 6.92 Å². The van der Waals surface area contributed by atoms with E-state index in [1.807, 2.05) is 31.2 Å². The molecule has 0 saturated heterocycles. The van der Waals surface area contributed by atoms with Crippen molar-refractivity contribution in [1.29, 1.82) is 0 Å². The number of benzene rings is 3. The third-order valence-corrected chi connectivity index (χ3v) is 3.85. The van der Waals surface area contributed by atoms with E-state index in [4.69, 9.17) is 15.2 Å². The Balaban J connectivity index is 1.62. The highest BCUT2D eigenvalue weighted by Gasteiger charge is 2.08. The topological polar surface area (TPSA) is 90.7 Å². The first-order chi connectivity index (χ1) is 13.5. The van der Waals surface area contributed by atoms with Crippen LogP contribution < -0.4 is 20.5 Å². The molecule has 0 heterocycles. The summed E-state index contributed by atoms with van der Waals surface area (Å²) in [5, 5.41) is 2.81. The Morgan fingerprint density at radius 1 is 0.893 bits per heavy atom. The minimum absolute atomic E-state index is 0.243. The molecular formula is C22H20N2O4. The lowest BCUT2D eigenvalue weighted by Gasteiger charge is -2.09. The minimum atomic E-state index is -0.581. The zero-order chi connectivity index (χ0) is 19.9. The number of nitrogens with one attached hydrogen (secondary N) is 1. The number of amides is 2. The second-order valence-corrected chi connectivity index (χ2v) is 6.18. The molecule has 142 valence electrons. The van der Waals surface area contributed by atoms with Crippen LogP contribution >= 0.6 is 0 Å². The summed E-state index contributed by atoms with van der Waals surface area (Å²) in [6.45, 7) is 1.77. The number of carbonyl (C=O) groups excluding carboxylic acids is 2. The molecule has 0 aliphatic carbocycles. The summed E-state index contributed by atoms with van der Waals surface area (Å²) < 4.78 is 11.0. The van der Waals surface area contributed by atoms with Crippen molar-refractivity contribution in [2.75, 3.05) is 11.9 Å². The second kappa shape index (κ2) is 8.73. The van der Waals surface area contributed by atoms with Gasteiger partial charge < -0.3 is 20.5 Å². The number of carbonyl (C=O) groups is 2. The van der Waals surface area contributed by atoms with Crippen LogP contribution in [-0.2, 0) is 4.79 Å². The lowest BCUT2D eigenvalue weighted by atomic mass is 10.2. The zero-order valence-electron chi connectivity index (χ0n) is 15.3. The van der Waals surface area contributed by atoms with Crippen LogP contribution in [0.1, 0.15) is 15.9 Å². The van der Waals surface area contributed by atoms with Gasteiger partial charge in [-0.2, -0.15) is 0 Å². The van der Waals surface area contributed by atoms with Crippen LogP contribution in [0.3, 0.4) is 0 Å². The van der Waals surface area contributed by atoms with E-state index >= 15 is 0 Å². The van der Waals surface area contributed by atoms with E-state index in [9.17, 15) is 9.59 Å². The quantitative estimate of drug-likeness (QED) is 0.654. The molecule has 0 aliphatic heterocycles. The van der Waals surface area contributed by atoms with Crippen molar-refractivity contribution in [3.8, 4) is 17.2 Å². The molecule has 0 fully saturated rings. The average Bonchev–Trinajstić information content (AvgIpc) is 2.70. The fraction of sp³-hybridized carbons (Fsp3) is 0.0909. The van der Waals surface area contributed by atoms with Crippen LogP contribution in [0.25, 0.3) is 0 Å². The number of primary amides is 1. The number of hydrogen-bond acceptors (Lipinski definition) is 4. The van der Waals surface area contributed by atoms with Gasteiger partial charge in [-0.1, -0.05) is 23.8 Å². The van der Waals surface area contributed by atoms with Crippen molar-refractivity contribution in [3.63, 3.8) is 0 Å². The van der Waals surface area contributed by atoms with Gasteiger partial charge in [0.1, 0.15) is 17.2 Å². The van der Waals surface area contributed by atoms with Gasteiger partial charge in [0.25, 0.3) is 11.8 Å². The molecule has 0 saturated carbocycles. The lowest BCUT2D eigenvalue weighted by Crippen LogP contribution is -2.20. The van der Waals surface area contributed by atoms with Gasteiger partial charge in [0.15, 0.2) is 6.61 Å². The molecule has 0 aromatic heterocycles. The molecule has 3 N–H and O–H groups in total. The Bertz CT molecular complexity index is 967. The van der Waals surface area contributed by atoms with Gasteiger partial charge >= 0.3 is 0 Å². The molecule has 0 bridgehead atoms. The molecule has 0 atom stereocenters. The van der Waals surface area contributed by atoms with E-state index in [1.165, 1.54) is 0 Å². The molecule has 6 nitrogen and oxygen atoms in total. The van der Waals surface area contributed by atoms with Gasteiger partial charge in [-0.3, -0.25) is 9.59 Å². The van der Waals surface area contributed by atoms with Gasteiger partial charge in [-0.05, 0) is 61.5 Å². The molecule has 3 aromatic carbocycles. The maximum absolute atomic E-state index is 12.4. The minimum Gasteiger partial charge on any atom is -0.484 e. The summed E-state index contributed by atoms with van der Waals surface area (Å²) in [5.41, 5.74) is 7.25. The number of anilines is 1. The Labute approximate surface area is 162 Å². The first kappa shape index (κ1) is 19.0. The lowest BCUT2D eigenvalue weighted by molar-refractivity contribution is -0.119. The van der Waals surface area contributed by atoms with Crippen molar-refractivity contribution in [2.24, 2.45) is 5.73 Å². The van der Waals surface area contributed by atoms with Gasteiger partial charge in [-0.15, -0.1) is 0 Å². The summed E-state index contributed by atoms with van der Waals surface area (Å²) in [6.07, 6.45) is 0. The normalized spacial score (nSPS) is 10.2. The number of nitrogens with two attached hydrogens (primary N) is 1. The van der Waals surface area contributed by atoms with Crippen LogP contribution in [-0.4, -0.2) is 18.4 Å². The van der Waals surface area contributed by atoms with E-state index < -0.39 is 5.91 Å². The fourth-order valence-electron chi connectivity index (χ4n) is 2.43.